The lowest BCUT2D eigenvalue weighted by Crippen LogP contribution is -2.60. The molecule has 0 aromatic carbocycles. The van der Waals surface area contributed by atoms with Gasteiger partial charge >= 0.3 is 5.97 Å². The Morgan fingerprint density at radius 2 is 2.00 bits per heavy atom. The van der Waals surface area contributed by atoms with E-state index < -0.39 is 12.0 Å². The van der Waals surface area contributed by atoms with E-state index in [4.69, 9.17) is 21.7 Å². The molecule has 0 spiro atoms. The fourth-order valence-electron chi connectivity index (χ4n) is 3.98. The third-order valence-electron chi connectivity index (χ3n) is 5.61. The Labute approximate surface area is 170 Å². The Hall–Kier alpha value is -1.74. The summed E-state index contributed by atoms with van der Waals surface area (Å²) in [7, 11) is 0. The minimum Gasteiger partial charge on any atom is -0.463 e. The van der Waals surface area contributed by atoms with E-state index in [1.165, 1.54) is 0 Å². The van der Waals surface area contributed by atoms with Crippen molar-refractivity contribution in [2.75, 3.05) is 26.3 Å². The summed E-state index contributed by atoms with van der Waals surface area (Å²) in [5, 5.41) is 5.75. The normalized spacial score (nSPS) is 25.9. The van der Waals surface area contributed by atoms with E-state index in [0.29, 0.717) is 19.7 Å². The second-order valence-corrected chi connectivity index (χ2v) is 8.04. The van der Waals surface area contributed by atoms with Crippen molar-refractivity contribution in [3.05, 3.63) is 0 Å². The van der Waals surface area contributed by atoms with Gasteiger partial charge < -0.3 is 25.0 Å². The fourth-order valence-corrected chi connectivity index (χ4v) is 4.30. The van der Waals surface area contributed by atoms with Crippen LogP contribution >= 0.6 is 12.2 Å². The van der Waals surface area contributed by atoms with Crippen LogP contribution in [0.4, 0.5) is 0 Å². The molecule has 0 radical (unpaired) electrons. The van der Waals surface area contributed by atoms with Crippen LogP contribution in [0, 0.1) is 5.92 Å². The van der Waals surface area contributed by atoms with Crippen molar-refractivity contribution in [2.45, 2.75) is 63.5 Å². The van der Waals surface area contributed by atoms with Gasteiger partial charge in [-0.3, -0.25) is 14.4 Å². The summed E-state index contributed by atoms with van der Waals surface area (Å²) < 4.78 is 10.7. The molecule has 1 aliphatic carbocycles. The largest absolute Gasteiger partial charge is 0.463 e. The highest BCUT2D eigenvalue weighted by Gasteiger charge is 2.35. The molecule has 9 heteroatoms. The Kier molecular flexibility index (Phi) is 7.61. The van der Waals surface area contributed by atoms with Gasteiger partial charge in [0.1, 0.15) is 12.6 Å². The Morgan fingerprint density at radius 3 is 2.71 bits per heavy atom. The predicted molar refractivity (Wildman–Crippen MR) is 105 cm³/mol. The van der Waals surface area contributed by atoms with Crippen molar-refractivity contribution < 1.29 is 23.9 Å². The summed E-state index contributed by atoms with van der Waals surface area (Å²) in [5.41, 5.74) is 0. The first-order valence-electron chi connectivity index (χ1n) is 10.2. The highest BCUT2D eigenvalue weighted by atomic mass is 32.1. The second-order valence-electron chi connectivity index (χ2n) is 7.65. The van der Waals surface area contributed by atoms with Gasteiger partial charge in [-0.1, -0.05) is 19.3 Å². The first kappa shape index (κ1) is 21.0. The van der Waals surface area contributed by atoms with Crippen LogP contribution in [0.1, 0.15) is 51.4 Å². The molecule has 0 bridgehead atoms. The van der Waals surface area contributed by atoms with Crippen LogP contribution < -0.4 is 10.6 Å². The number of amides is 2. The molecule has 0 aromatic heterocycles. The van der Waals surface area contributed by atoms with Gasteiger partial charge in [-0.25, -0.2) is 0 Å². The number of nitrogens with zero attached hydrogens (tertiary/aromatic N) is 1. The number of carbonyl (C=O) groups excluding carboxylic acids is 3. The van der Waals surface area contributed by atoms with E-state index in [0.717, 1.165) is 44.9 Å². The molecule has 1 saturated carbocycles. The summed E-state index contributed by atoms with van der Waals surface area (Å²) >= 11 is 5.40. The molecule has 156 valence electrons. The predicted octanol–water partition coefficient (Wildman–Crippen LogP) is 0.881. The number of rotatable bonds is 5. The molecule has 2 N–H and O–H groups in total. The van der Waals surface area contributed by atoms with Crippen molar-refractivity contribution in [1.82, 2.24) is 15.5 Å². The maximum absolute atomic E-state index is 12.5. The molecule has 0 aromatic rings. The number of thiocarbonyl (C=S) groups is 1. The molecule has 2 saturated heterocycles. The molecule has 28 heavy (non-hydrogen) atoms. The van der Waals surface area contributed by atoms with Gasteiger partial charge in [-0.2, -0.15) is 0 Å². The van der Waals surface area contributed by atoms with Crippen molar-refractivity contribution in [2.24, 2.45) is 5.92 Å². The number of hydrogen-bond donors (Lipinski definition) is 2. The molecule has 2 amide bonds. The van der Waals surface area contributed by atoms with Crippen LogP contribution in [0.5, 0.6) is 0 Å². The third-order valence-corrected chi connectivity index (χ3v) is 5.95. The molecule has 2 atom stereocenters. The minimum absolute atomic E-state index is 0.0276. The maximum Gasteiger partial charge on any atom is 0.308 e. The zero-order chi connectivity index (χ0) is 19.9. The zero-order valence-electron chi connectivity index (χ0n) is 16.1. The van der Waals surface area contributed by atoms with E-state index in [1.807, 2.05) is 0 Å². The molecule has 3 rings (SSSR count). The van der Waals surface area contributed by atoms with Crippen LogP contribution in [0.2, 0.25) is 0 Å². The molecular weight excluding hydrogens is 382 g/mol. The Balaban J connectivity index is 1.53. The lowest BCUT2D eigenvalue weighted by molar-refractivity contribution is -0.150. The number of piperazine rings is 1. The summed E-state index contributed by atoms with van der Waals surface area (Å²) in [6.07, 6.45) is 6.68. The third kappa shape index (κ3) is 5.64. The van der Waals surface area contributed by atoms with E-state index >= 15 is 0 Å². The van der Waals surface area contributed by atoms with E-state index in [-0.39, 0.29) is 42.0 Å². The maximum atomic E-state index is 12.5. The SMILES string of the molecule is O=C(C[C@@H]1C(=O)NCCN1C(=S)NC(=O)C1CCCCC1)OC[C@H]1CCCO1. The second kappa shape index (κ2) is 10.2. The van der Waals surface area contributed by atoms with Gasteiger partial charge in [0.2, 0.25) is 11.8 Å². The van der Waals surface area contributed by atoms with E-state index in [1.54, 1.807) is 4.90 Å². The van der Waals surface area contributed by atoms with Gasteiger partial charge in [-0.15, -0.1) is 0 Å². The Bertz CT molecular complexity index is 602. The zero-order valence-corrected chi connectivity index (χ0v) is 16.9. The van der Waals surface area contributed by atoms with Gasteiger partial charge in [0.05, 0.1) is 12.5 Å². The van der Waals surface area contributed by atoms with Gasteiger partial charge in [0.25, 0.3) is 0 Å². The van der Waals surface area contributed by atoms with Gasteiger partial charge in [0.15, 0.2) is 5.11 Å². The number of nitrogens with one attached hydrogen (secondary N) is 2. The molecule has 3 fully saturated rings. The summed E-state index contributed by atoms with van der Waals surface area (Å²) in [6, 6.07) is -0.773. The number of ether oxygens (including phenoxy) is 2. The highest BCUT2D eigenvalue weighted by Crippen LogP contribution is 2.24. The quantitative estimate of drug-likeness (QED) is 0.512. The molecule has 0 unspecified atom stereocenters. The van der Waals surface area contributed by atoms with E-state index in [9.17, 15) is 14.4 Å². The lowest BCUT2D eigenvalue weighted by Gasteiger charge is -2.36. The van der Waals surface area contributed by atoms with Crippen molar-refractivity contribution in [3.63, 3.8) is 0 Å². The Morgan fingerprint density at radius 1 is 1.21 bits per heavy atom. The molecule has 8 nitrogen and oxygen atoms in total. The molecule has 2 aliphatic heterocycles. The van der Waals surface area contributed by atoms with Crippen molar-refractivity contribution in [1.29, 1.82) is 0 Å². The van der Waals surface area contributed by atoms with Crippen molar-refractivity contribution >= 4 is 35.1 Å². The molecular formula is C19H29N3O5S. The van der Waals surface area contributed by atoms with Crippen LogP contribution in [0.3, 0.4) is 0 Å². The molecule has 3 aliphatic rings. The van der Waals surface area contributed by atoms with Crippen LogP contribution in [0.25, 0.3) is 0 Å². The van der Waals surface area contributed by atoms with Gasteiger partial charge in [0, 0.05) is 25.6 Å². The summed E-state index contributed by atoms with van der Waals surface area (Å²) in [4.78, 5) is 38.7. The van der Waals surface area contributed by atoms with Crippen LogP contribution in [-0.2, 0) is 23.9 Å². The standard InChI is InChI=1S/C19H29N3O5S/c23-16(27-12-14-7-4-10-26-14)11-15-18(25)20-8-9-22(15)19(28)21-17(24)13-5-2-1-3-6-13/h13-15H,1-12H2,(H,20,25)(H,21,24,28)/t14-,15-/m1/s1. The number of esters is 1. The number of hydrogen-bond acceptors (Lipinski definition) is 6. The summed E-state index contributed by atoms with van der Waals surface area (Å²) in [5.74, 6) is -0.867. The topological polar surface area (TPSA) is 97.0 Å². The smallest absolute Gasteiger partial charge is 0.308 e. The fraction of sp³-hybridized carbons (Fsp3) is 0.789. The van der Waals surface area contributed by atoms with Crippen LogP contribution in [0.15, 0.2) is 0 Å². The molecule has 2 heterocycles. The monoisotopic (exact) mass is 411 g/mol. The average Bonchev–Trinajstić information content (AvgIpc) is 3.22. The lowest BCUT2D eigenvalue weighted by atomic mass is 9.89. The number of carbonyl (C=O) groups is 3. The summed E-state index contributed by atoms with van der Waals surface area (Å²) in [6.45, 7) is 1.75. The first-order chi connectivity index (χ1) is 13.5. The van der Waals surface area contributed by atoms with Crippen molar-refractivity contribution in [3.8, 4) is 0 Å². The highest BCUT2D eigenvalue weighted by molar-refractivity contribution is 7.80. The minimum atomic E-state index is -0.773. The van der Waals surface area contributed by atoms with Crippen LogP contribution in [-0.4, -0.2) is 66.2 Å². The van der Waals surface area contributed by atoms with E-state index in [2.05, 4.69) is 10.6 Å². The average molecular weight is 412 g/mol. The first-order valence-corrected chi connectivity index (χ1v) is 10.6. The van der Waals surface area contributed by atoms with Gasteiger partial charge in [-0.05, 0) is 37.9 Å².